The summed E-state index contributed by atoms with van der Waals surface area (Å²) in [5, 5.41) is 2.59. The van der Waals surface area contributed by atoms with Gasteiger partial charge in [0.05, 0.1) is 6.04 Å². The van der Waals surface area contributed by atoms with Gasteiger partial charge in [-0.25, -0.2) is 0 Å². The van der Waals surface area contributed by atoms with Crippen LogP contribution >= 0.6 is 0 Å². The lowest BCUT2D eigenvalue weighted by molar-refractivity contribution is -0.117. The van der Waals surface area contributed by atoms with Gasteiger partial charge in [-0.3, -0.25) is 9.59 Å². The molecular weight excluding hydrogens is 314 g/mol. The maximum absolute atomic E-state index is 12.5. The van der Waals surface area contributed by atoms with Crippen LogP contribution in [0.5, 0.6) is 0 Å². The highest BCUT2D eigenvalue weighted by Crippen LogP contribution is 2.28. The first-order chi connectivity index (χ1) is 11.5. The molecule has 134 valence electrons. The third-order valence-electron chi connectivity index (χ3n) is 4.26. The lowest BCUT2D eigenvalue weighted by Gasteiger charge is -2.21. The number of rotatable bonds is 3. The van der Waals surface area contributed by atoms with E-state index < -0.39 is 6.04 Å². The minimum atomic E-state index is -0.675. The molecule has 1 unspecified atom stereocenters. The van der Waals surface area contributed by atoms with Crippen molar-refractivity contribution < 1.29 is 4.79 Å². The second kappa shape index (κ2) is 6.84. The molecule has 1 heterocycles. The van der Waals surface area contributed by atoms with E-state index in [2.05, 4.69) is 43.2 Å². The molecular formula is C20H27N3O2. The molecule has 1 aromatic carbocycles. The number of anilines is 1. The van der Waals surface area contributed by atoms with Gasteiger partial charge in [-0.1, -0.05) is 39.0 Å². The van der Waals surface area contributed by atoms with Crippen molar-refractivity contribution in [3.63, 3.8) is 0 Å². The summed E-state index contributed by atoms with van der Waals surface area (Å²) < 4.78 is 0. The summed E-state index contributed by atoms with van der Waals surface area (Å²) in [7, 11) is 0. The van der Waals surface area contributed by atoms with E-state index in [1.165, 1.54) is 11.6 Å². The maximum Gasteiger partial charge on any atom is 0.241 e. The Labute approximate surface area is 148 Å². The number of nitrogens with two attached hydrogens (primary N) is 1. The highest BCUT2D eigenvalue weighted by Gasteiger charge is 2.17. The quantitative estimate of drug-likeness (QED) is 0.801. The summed E-state index contributed by atoms with van der Waals surface area (Å²) in [6.07, 6.45) is 0. The molecule has 2 rings (SSSR count). The van der Waals surface area contributed by atoms with Crippen LogP contribution in [0, 0.1) is 13.8 Å². The molecule has 0 spiro atoms. The fourth-order valence-corrected chi connectivity index (χ4v) is 2.66. The number of carbonyl (C=O) groups excluding carboxylic acids is 1. The van der Waals surface area contributed by atoms with Crippen molar-refractivity contribution in [1.29, 1.82) is 0 Å². The van der Waals surface area contributed by atoms with Crippen LogP contribution in [0.1, 0.15) is 44.5 Å². The van der Waals surface area contributed by atoms with Gasteiger partial charge in [-0.15, -0.1) is 0 Å². The predicted octanol–water partition coefficient (Wildman–Crippen LogP) is 3.24. The van der Waals surface area contributed by atoms with Crippen molar-refractivity contribution >= 4 is 11.6 Å². The van der Waals surface area contributed by atoms with E-state index in [-0.39, 0.29) is 22.4 Å². The summed E-state index contributed by atoms with van der Waals surface area (Å²) in [5.74, 6) is -0.382. The van der Waals surface area contributed by atoms with Gasteiger partial charge < -0.3 is 16.0 Å². The van der Waals surface area contributed by atoms with Crippen LogP contribution in [0.15, 0.2) is 29.1 Å². The summed E-state index contributed by atoms with van der Waals surface area (Å²) in [6.45, 7) is 11.9. The standard InChI is InChI=1S/C20H27N3O2/c1-11-9-14(20(4,5)6)7-8-15(11)16-10-17(24)18(13(3)22-16)23-19(25)12(2)21/h7-10,12H,21H2,1-6H3,(H,22,24)(H,23,25). The number of H-pyrrole nitrogens is 1. The molecule has 5 nitrogen and oxygen atoms in total. The third kappa shape index (κ3) is 4.17. The van der Waals surface area contributed by atoms with Gasteiger partial charge in [0.1, 0.15) is 5.69 Å². The van der Waals surface area contributed by atoms with Crippen molar-refractivity contribution in [3.05, 3.63) is 51.3 Å². The largest absolute Gasteiger partial charge is 0.357 e. The van der Waals surface area contributed by atoms with E-state index in [4.69, 9.17) is 5.73 Å². The zero-order valence-corrected chi connectivity index (χ0v) is 15.8. The van der Waals surface area contributed by atoms with E-state index in [1.807, 2.05) is 13.0 Å². The van der Waals surface area contributed by atoms with E-state index >= 15 is 0 Å². The van der Waals surface area contributed by atoms with Gasteiger partial charge in [0.2, 0.25) is 11.3 Å². The molecule has 0 fully saturated rings. The van der Waals surface area contributed by atoms with Gasteiger partial charge in [-0.2, -0.15) is 0 Å². The van der Waals surface area contributed by atoms with Crippen LogP contribution < -0.4 is 16.5 Å². The van der Waals surface area contributed by atoms with Crippen LogP contribution in [0.3, 0.4) is 0 Å². The molecule has 1 aromatic heterocycles. The number of benzene rings is 1. The van der Waals surface area contributed by atoms with Crippen LogP contribution in [0.2, 0.25) is 0 Å². The molecule has 0 bridgehead atoms. The Balaban J connectivity index is 2.45. The SMILES string of the molecule is Cc1cc(C(C)(C)C)ccc1-c1cc(=O)c(NC(=O)C(C)N)c(C)[nH]1. The van der Waals surface area contributed by atoms with Gasteiger partial charge >= 0.3 is 0 Å². The number of hydrogen-bond acceptors (Lipinski definition) is 3. The molecule has 0 aliphatic rings. The molecule has 1 atom stereocenters. The van der Waals surface area contributed by atoms with Gasteiger partial charge in [0.15, 0.2) is 0 Å². The highest BCUT2D eigenvalue weighted by atomic mass is 16.2. The van der Waals surface area contributed by atoms with Crippen molar-refractivity contribution in [1.82, 2.24) is 4.98 Å². The maximum atomic E-state index is 12.5. The zero-order chi connectivity index (χ0) is 18.9. The first-order valence-electron chi connectivity index (χ1n) is 8.42. The molecule has 0 aliphatic heterocycles. The summed E-state index contributed by atoms with van der Waals surface area (Å²) >= 11 is 0. The molecule has 0 aliphatic carbocycles. The highest BCUT2D eigenvalue weighted by molar-refractivity contribution is 5.94. The topological polar surface area (TPSA) is 88.0 Å². The van der Waals surface area contributed by atoms with Crippen molar-refractivity contribution in [2.75, 3.05) is 5.32 Å². The van der Waals surface area contributed by atoms with Gasteiger partial charge in [0, 0.05) is 23.0 Å². The molecule has 2 aromatic rings. The van der Waals surface area contributed by atoms with Crippen molar-refractivity contribution in [2.24, 2.45) is 5.73 Å². The second-order valence-electron chi connectivity index (χ2n) is 7.60. The summed E-state index contributed by atoms with van der Waals surface area (Å²) in [5.41, 5.74) is 10.3. The lowest BCUT2D eigenvalue weighted by atomic mass is 9.85. The molecule has 1 amide bonds. The number of aromatic amines is 1. The Morgan fingerprint density at radius 1 is 1.20 bits per heavy atom. The Bertz CT molecular complexity index is 858. The number of amides is 1. The molecule has 4 N–H and O–H groups in total. The Kier molecular flexibility index (Phi) is 5.18. The van der Waals surface area contributed by atoms with Crippen molar-refractivity contribution in [3.8, 4) is 11.3 Å². The molecule has 25 heavy (non-hydrogen) atoms. The van der Waals surface area contributed by atoms with E-state index in [0.717, 1.165) is 16.8 Å². The number of aryl methyl sites for hydroxylation is 2. The molecule has 0 saturated heterocycles. The second-order valence-corrected chi connectivity index (χ2v) is 7.60. The van der Waals surface area contributed by atoms with Crippen molar-refractivity contribution in [2.45, 2.75) is 53.0 Å². The number of pyridine rings is 1. The predicted molar refractivity (Wildman–Crippen MR) is 103 cm³/mol. The number of carbonyl (C=O) groups is 1. The Morgan fingerprint density at radius 3 is 2.32 bits per heavy atom. The summed E-state index contributed by atoms with van der Waals surface area (Å²) in [6, 6.07) is 7.10. The normalized spacial score (nSPS) is 12.8. The Morgan fingerprint density at radius 2 is 1.84 bits per heavy atom. The molecule has 5 heteroatoms. The monoisotopic (exact) mass is 341 g/mol. The number of hydrogen-bond donors (Lipinski definition) is 3. The first-order valence-corrected chi connectivity index (χ1v) is 8.42. The minimum absolute atomic E-state index is 0.0691. The molecule has 0 radical (unpaired) electrons. The fraction of sp³-hybridized carbons (Fsp3) is 0.400. The average molecular weight is 341 g/mol. The first kappa shape index (κ1) is 18.9. The number of nitrogens with one attached hydrogen (secondary N) is 2. The van der Waals surface area contributed by atoms with Crippen LogP contribution in [0.4, 0.5) is 5.69 Å². The summed E-state index contributed by atoms with van der Waals surface area (Å²) in [4.78, 5) is 27.4. The zero-order valence-electron chi connectivity index (χ0n) is 15.8. The van der Waals surface area contributed by atoms with E-state index in [1.54, 1.807) is 13.8 Å². The van der Waals surface area contributed by atoms with Crippen LogP contribution in [-0.2, 0) is 10.2 Å². The van der Waals surface area contributed by atoms with Gasteiger partial charge in [-0.05, 0) is 37.3 Å². The van der Waals surface area contributed by atoms with Crippen LogP contribution in [-0.4, -0.2) is 16.9 Å². The fourth-order valence-electron chi connectivity index (χ4n) is 2.66. The van der Waals surface area contributed by atoms with Gasteiger partial charge in [0.25, 0.3) is 0 Å². The van der Waals surface area contributed by atoms with E-state index in [0.29, 0.717) is 5.69 Å². The third-order valence-corrected chi connectivity index (χ3v) is 4.26. The van der Waals surface area contributed by atoms with E-state index in [9.17, 15) is 9.59 Å². The molecule has 0 saturated carbocycles. The van der Waals surface area contributed by atoms with Crippen LogP contribution in [0.25, 0.3) is 11.3 Å². The Hall–Kier alpha value is -2.40. The average Bonchev–Trinajstić information content (AvgIpc) is 2.49. The number of aromatic nitrogens is 1. The lowest BCUT2D eigenvalue weighted by Crippen LogP contribution is -2.34. The smallest absolute Gasteiger partial charge is 0.241 e. The minimum Gasteiger partial charge on any atom is -0.357 e.